The van der Waals surface area contributed by atoms with Gasteiger partial charge < -0.3 is 15.3 Å². The van der Waals surface area contributed by atoms with Crippen molar-refractivity contribution in [2.75, 3.05) is 18.8 Å². The lowest BCUT2D eigenvalue weighted by Gasteiger charge is -2.39. The van der Waals surface area contributed by atoms with Crippen LogP contribution in [0.25, 0.3) is 0 Å². The molecule has 1 aromatic rings. The fourth-order valence-corrected chi connectivity index (χ4v) is 5.40. The standard InChI is InChI=1S/C19H22FN3O3S/c20-15-7-5-14(6-8-15)13-22-9-3-4-16-18(22)17(24)12-21-19(16)23-10-1-2-11-27(23,25)26/h3,5-9,21,24H,1-2,4,10-13H2. The van der Waals surface area contributed by atoms with Crippen LogP contribution in [0.15, 0.2) is 59.4 Å². The van der Waals surface area contributed by atoms with Crippen LogP contribution in [0.3, 0.4) is 0 Å². The van der Waals surface area contributed by atoms with Crippen molar-refractivity contribution in [1.29, 1.82) is 0 Å². The topological polar surface area (TPSA) is 72.9 Å². The zero-order valence-corrected chi connectivity index (χ0v) is 15.7. The molecule has 3 aliphatic heterocycles. The highest BCUT2D eigenvalue weighted by atomic mass is 32.2. The van der Waals surface area contributed by atoms with Gasteiger partial charge in [-0.3, -0.25) is 4.31 Å². The second kappa shape index (κ2) is 6.92. The van der Waals surface area contributed by atoms with Crippen LogP contribution in [0.2, 0.25) is 0 Å². The number of dihydropyridines is 1. The van der Waals surface area contributed by atoms with E-state index >= 15 is 0 Å². The van der Waals surface area contributed by atoms with E-state index in [1.165, 1.54) is 16.4 Å². The maximum absolute atomic E-state index is 13.2. The fraction of sp³-hybridized carbons (Fsp3) is 0.368. The second-order valence-electron chi connectivity index (χ2n) is 6.91. The summed E-state index contributed by atoms with van der Waals surface area (Å²) in [6.45, 7) is 1.08. The van der Waals surface area contributed by atoms with Crippen molar-refractivity contribution in [2.24, 2.45) is 0 Å². The van der Waals surface area contributed by atoms with Crippen molar-refractivity contribution in [1.82, 2.24) is 14.5 Å². The number of hydrogen-bond acceptors (Lipinski definition) is 5. The Bertz CT molecular complexity index is 935. The third kappa shape index (κ3) is 3.41. The Kier molecular flexibility index (Phi) is 4.59. The van der Waals surface area contributed by atoms with Crippen LogP contribution in [0.1, 0.15) is 24.8 Å². The smallest absolute Gasteiger partial charge is 0.236 e. The third-order valence-corrected chi connectivity index (χ3v) is 6.87. The first-order chi connectivity index (χ1) is 13.0. The Hall–Kier alpha value is -2.48. The normalized spacial score (nSPS) is 22.0. The largest absolute Gasteiger partial charge is 0.508 e. The van der Waals surface area contributed by atoms with E-state index < -0.39 is 10.0 Å². The van der Waals surface area contributed by atoms with Crippen LogP contribution in [0.4, 0.5) is 4.39 Å². The van der Waals surface area contributed by atoms with Crippen molar-refractivity contribution in [3.8, 4) is 0 Å². The van der Waals surface area contributed by atoms with E-state index in [0.29, 0.717) is 37.4 Å². The van der Waals surface area contributed by atoms with E-state index in [1.54, 1.807) is 12.1 Å². The number of rotatable bonds is 3. The molecule has 6 nitrogen and oxygen atoms in total. The molecule has 0 radical (unpaired) electrons. The average molecular weight is 391 g/mol. The predicted molar refractivity (Wildman–Crippen MR) is 100 cm³/mol. The summed E-state index contributed by atoms with van der Waals surface area (Å²) in [6, 6.07) is 6.22. The minimum atomic E-state index is -3.35. The van der Waals surface area contributed by atoms with E-state index in [1.807, 2.05) is 17.2 Å². The molecular formula is C19H22FN3O3S. The summed E-state index contributed by atoms with van der Waals surface area (Å²) in [5.41, 5.74) is 2.30. The lowest BCUT2D eigenvalue weighted by molar-refractivity contribution is 0.321. The summed E-state index contributed by atoms with van der Waals surface area (Å²) in [4.78, 5) is 1.89. The summed E-state index contributed by atoms with van der Waals surface area (Å²) in [5, 5.41) is 13.6. The first kappa shape index (κ1) is 17.9. The highest BCUT2D eigenvalue weighted by Crippen LogP contribution is 2.35. The molecule has 3 heterocycles. The molecule has 144 valence electrons. The van der Waals surface area contributed by atoms with Gasteiger partial charge >= 0.3 is 0 Å². The fourth-order valence-electron chi connectivity index (χ4n) is 3.75. The maximum atomic E-state index is 13.2. The monoisotopic (exact) mass is 391 g/mol. The number of sulfonamides is 1. The molecule has 0 aliphatic carbocycles. The van der Waals surface area contributed by atoms with Crippen molar-refractivity contribution >= 4 is 10.0 Å². The minimum Gasteiger partial charge on any atom is -0.508 e. The van der Waals surface area contributed by atoms with Crippen molar-refractivity contribution in [2.45, 2.75) is 25.8 Å². The predicted octanol–water partition coefficient (Wildman–Crippen LogP) is 2.56. The van der Waals surface area contributed by atoms with Gasteiger partial charge in [0.25, 0.3) is 0 Å². The summed E-state index contributed by atoms with van der Waals surface area (Å²) >= 11 is 0. The number of benzene rings is 1. The van der Waals surface area contributed by atoms with Gasteiger partial charge in [-0.15, -0.1) is 0 Å². The van der Waals surface area contributed by atoms with Crippen LogP contribution < -0.4 is 5.32 Å². The van der Waals surface area contributed by atoms with Gasteiger partial charge in [0.2, 0.25) is 10.0 Å². The first-order valence-corrected chi connectivity index (χ1v) is 10.6. The Morgan fingerprint density at radius 2 is 1.96 bits per heavy atom. The van der Waals surface area contributed by atoms with Gasteiger partial charge in [0.15, 0.2) is 0 Å². The molecule has 27 heavy (non-hydrogen) atoms. The van der Waals surface area contributed by atoms with Gasteiger partial charge in [-0.05, 0) is 37.0 Å². The first-order valence-electron chi connectivity index (χ1n) is 9.03. The number of nitrogens with zero attached hydrogens (tertiary/aromatic N) is 2. The molecular weight excluding hydrogens is 369 g/mol. The van der Waals surface area contributed by atoms with Gasteiger partial charge in [0, 0.05) is 24.9 Å². The van der Waals surface area contributed by atoms with E-state index in [2.05, 4.69) is 5.32 Å². The molecule has 1 fully saturated rings. The number of fused-ring (bicyclic) bond motifs is 1. The Balaban J connectivity index is 1.70. The molecule has 3 aliphatic rings. The van der Waals surface area contributed by atoms with Gasteiger partial charge in [0.05, 0.1) is 18.0 Å². The van der Waals surface area contributed by atoms with Crippen LogP contribution in [-0.2, 0) is 16.6 Å². The molecule has 8 heteroatoms. The quantitative estimate of drug-likeness (QED) is 0.829. The number of allylic oxidation sites excluding steroid dienone is 2. The average Bonchev–Trinajstić information content (AvgIpc) is 2.64. The maximum Gasteiger partial charge on any atom is 0.236 e. The number of aliphatic hydroxyl groups excluding tert-OH is 1. The van der Waals surface area contributed by atoms with E-state index in [4.69, 9.17) is 0 Å². The summed E-state index contributed by atoms with van der Waals surface area (Å²) in [7, 11) is -3.35. The molecule has 0 saturated carbocycles. The summed E-state index contributed by atoms with van der Waals surface area (Å²) in [5.74, 6) is 0.589. The second-order valence-corrected chi connectivity index (χ2v) is 8.93. The molecule has 0 amide bonds. The van der Waals surface area contributed by atoms with Gasteiger partial charge in [-0.2, -0.15) is 0 Å². The SMILES string of the molecule is O=S1(=O)CCCCN1C1=C2CC=CN(Cc3ccc(F)cc3)C2=C(O)CN1. The number of aliphatic hydroxyl groups is 1. The van der Waals surface area contributed by atoms with E-state index in [9.17, 15) is 17.9 Å². The lowest BCUT2D eigenvalue weighted by Crippen LogP contribution is -2.45. The molecule has 0 atom stereocenters. The highest BCUT2D eigenvalue weighted by molar-refractivity contribution is 7.89. The molecule has 0 bridgehead atoms. The summed E-state index contributed by atoms with van der Waals surface area (Å²) in [6.07, 6.45) is 5.85. The summed E-state index contributed by atoms with van der Waals surface area (Å²) < 4.78 is 39.7. The molecule has 1 aromatic carbocycles. The third-order valence-electron chi connectivity index (χ3n) is 5.03. The van der Waals surface area contributed by atoms with E-state index in [-0.39, 0.29) is 23.9 Å². The molecule has 0 unspecified atom stereocenters. The molecule has 1 saturated heterocycles. The van der Waals surface area contributed by atoms with Crippen LogP contribution in [-0.4, -0.2) is 41.6 Å². The number of halogens is 1. The highest BCUT2D eigenvalue weighted by Gasteiger charge is 2.35. The zero-order valence-electron chi connectivity index (χ0n) is 14.9. The van der Waals surface area contributed by atoms with Crippen molar-refractivity contribution < 1.29 is 17.9 Å². The lowest BCUT2D eigenvalue weighted by atomic mass is 9.99. The van der Waals surface area contributed by atoms with Gasteiger partial charge in [-0.25, -0.2) is 12.8 Å². The number of hydrogen-bond donors (Lipinski definition) is 2. The number of nitrogens with one attached hydrogen (secondary N) is 1. The van der Waals surface area contributed by atoms with Crippen LogP contribution >= 0.6 is 0 Å². The van der Waals surface area contributed by atoms with Gasteiger partial charge in [0.1, 0.15) is 17.4 Å². The molecule has 0 aromatic heterocycles. The van der Waals surface area contributed by atoms with Crippen LogP contribution in [0, 0.1) is 5.82 Å². The van der Waals surface area contributed by atoms with Crippen molar-refractivity contribution in [3.05, 3.63) is 70.8 Å². The van der Waals surface area contributed by atoms with Crippen LogP contribution in [0.5, 0.6) is 0 Å². The minimum absolute atomic E-state index is 0.144. The molecule has 0 spiro atoms. The van der Waals surface area contributed by atoms with Crippen molar-refractivity contribution in [3.63, 3.8) is 0 Å². The molecule has 2 N–H and O–H groups in total. The zero-order chi connectivity index (χ0) is 19.0. The Labute approximate surface area is 158 Å². The molecule has 4 rings (SSSR count). The Morgan fingerprint density at radius 3 is 2.70 bits per heavy atom. The van der Waals surface area contributed by atoms with Gasteiger partial charge in [-0.1, -0.05) is 18.2 Å². The van der Waals surface area contributed by atoms with E-state index in [0.717, 1.165) is 17.6 Å². The Morgan fingerprint density at radius 1 is 1.19 bits per heavy atom.